The van der Waals surface area contributed by atoms with Gasteiger partial charge in [-0.3, -0.25) is 9.36 Å². The van der Waals surface area contributed by atoms with E-state index in [9.17, 15) is 9.18 Å². The van der Waals surface area contributed by atoms with E-state index in [0.29, 0.717) is 16.7 Å². The molecule has 0 spiro atoms. The molecule has 0 radical (unpaired) electrons. The van der Waals surface area contributed by atoms with Crippen LogP contribution in [0.3, 0.4) is 0 Å². The predicted molar refractivity (Wildman–Crippen MR) is 117 cm³/mol. The summed E-state index contributed by atoms with van der Waals surface area (Å²) in [5.74, 6) is -0.262. The number of nitrogens with zero attached hydrogens (tertiary/aromatic N) is 2. The first-order chi connectivity index (χ1) is 13.9. The first-order valence-electron chi connectivity index (χ1n) is 9.14. The van der Waals surface area contributed by atoms with Gasteiger partial charge in [-0.1, -0.05) is 67.4 Å². The Morgan fingerprint density at radius 1 is 0.966 bits per heavy atom. The van der Waals surface area contributed by atoms with Crippen molar-refractivity contribution in [2.75, 3.05) is 0 Å². The molecule has 0 atom stereocenters. The van der Waals surface area contributed by atoms with Gasteiger partial charge in [-0.15, -0.1) is 0 Å². The standard InChI is InChI=1S/C23H17Cl2FN2O/c1-13(2)14-7-4-6-10-20(14)28-21(29)12-17(24)16-11-18(25)22(27-23(16)28)15-8-3-5-9-19(15)26/h3-13H,1-2H3. The second kappa shape index (κ2) is 7.62. The molecule has 0 N–H and O–H groups in total. The van der Waals surface area contributed by atoms with Gasteiger partial charge in [0.25, 0.3) is 5.56 Å². The van der Waals surface area contributed by atoms with Crippen molar-refractivity contribution in [3.63, 3.8) is 0 Å². The highest BCUT2D eigenvalue weighted by molar-refractivity contribution is 6.37. The van der Waals surface area contributed by atoms with Crippen molar-refractivity contribution in [1.29, 1.82) is 0 Å². The summed E-state index contributed by atoms with van der Waals surface area (Å²) in [5.41, 5.74) is 2.24. The maximum atomic E-state index is 14.4. The minimum absolute atomic E-state index is 0.183. The molecule has 0 saturated heterocycles. The third-order valence-corrected chi connectivity index (χ3v) is 5.43. The van der Waals surface area contributed by atoms with Crippen LogP contribution < -0.4 is 5.56 Å². The highest BCUT2D eigenvalue weighted by Gasteiger charge is 2.19. The van der Waals surface area contributed by atoms with E-state index in [-0.39, 0.29) is 32.8 Å². The average Bonchev–Trinajstić information content (AvgIpc) is 2.69. The third-order valence-electron chi connectivity index (χ3n) is 4.82. The molecule has 2 heterocycles. The van der Waals surface area contributed by atoms with Gasteiger partial charge >= 0.3 is 0 Å². The lowest BCUT2D eigenvalue weighted by atomic mass is 10.0. The summed E-state index contributed by atoms with van der Waals surface area (Å²) in [6.07, 6.45) is 0. The number of benzene rings is 2. The molecule has 0 unspecified atom stereocenters. The zero-order chi connectivity index (χ0) is 20.7. The molecule has 2 aromatic heterocycles. The second-order valence-electron chi connectivity index (χ2n) is 7.05. The monoisotopic (exact) mass is 426 g/mol. The molecule has 0 amide bonds. The highest BCUT2D eigenvalue weighted by atomic mass is 35.5. The first kappa shape index (κ1) is 19.6. The molecule has 0 bridgehead atoms. The zero-order valence-corrected chi connectivity index (χ0v) is 17.3. The second-order valence-corrected chi connectivity index (χ2v) is 7.86. The molecule has 4 aromatic rings. The highest BCUT2D eigenvalue weighted by Crippen LogP contribution is 2.34. The van der Waals surface area contributed by atoms with Gasteiger partial charge in [0, 0.05) is 17.0 Å². The van der Waals surface area contributed by atoms with Gasteiger partial charge < -0.3 is 0 Å². The fraction of sp³-hybridized carbons (Fsp3) is 0.130. The Hall–Kier alpha value is -2.69. The Labute approximate surface area is 177 Å². The van der Waals surface area contributed by atoms with Gasteiger partial charge in [-0.05, 0) is 35.7 Å². The van der Waals surface area contributed by atoms with E-state index < -0.39 is 5.82 Å². The summed E-state index contributed by atoms with van der Waals surface area (Å²) in [4.78, 5) is 17.6. The van der Waals surface area contributed by atoms with Gasteiger partial charge in [0.1, 0.15) is 11.5 Å². The number of halogens is 3. The zero-order valence-electron chi connectivity index (χ0n) is 15.8. The van der Waals surface area contributed by atoms with E-state index >= 15 is 0 Å². The molecule has 2 aromatic carbocycles. The molecule has 0 aliphatic rings. The van der Waals surface area contributed by atoms with Crippen molar-refractivity contribution in [1.82, 2.24) is 9.55 Å². The number of para-hydroxylation sites is 1. The van der Waals surface area contributed by atoms with Crippen LogP contribution in [0.5, 0.6) is 0 Å². The van der Waals surface area contributed by atoms with Crippen LogP contribution in [0.25, 0.3) is 28.0 Å². The van der Waals surface area contributed by atoms with Gasteiger partial charge in [-0.2, -0.15) is 0 Å². The Balaban J connectivity index is 2.13. The maximum absolute atomic E-state index is 14.4. The Bertz CT molecular complexity index is 1300. The van der Waals surface area contributed by atoms with Gasteiger partial charge in [-0.25, -0.2) is 9.37 Å². The third kappa shape index (κ3) is 3.43. The molecule has 4 rings (SSSR count). The number of hydrogen-bond acceptors (Lipinski definition) is 2. The molecule has 3 nitrogen and oxygen atoms in total. The van der Waals surface area contributed by atoms with Crippen LogP contribution >= 0.6 is 23.2 Å². The molecule has 6 heteroatoms. The van der Waals surface area contributed by atoms with Gasteiger partial charge in [0.05, 0.1) is 21.4 Å². The molecule has 0 saturated carbocycles. The quantitative estimate of drug-likeness (QED) is 0.368. The molecule has 0 fully saturated rings. The van der Waals surface area contributed by atoms with Gasteiger partial charge in [0.15, 0.2) is 0 Å². The largest absolute Gasteiger partial charge is 0.269 e. The van der Waals surface area contributed by atoms with E-state index in [2.05, 4.69) is 18.8 Å². The van der Waals surface area contributed by atoms with E-state index in [1.807, 2.05) is 24.3 Å². The number of rotatable bonds is 3. The van der Waals surface area contributed by atoms with E-state index in [4.69, 9.17) is 23.2 Å². The molecule has 29 heavy (non-hydrogen) atoms. The Morgan fingerprint density at radius 2 is 1.66 bits per heavy atom. The number of hydrogen-bond donors (Lipinski definition) is 0. The summed E-state index contributed by atoms with van der Waals surface area (Å²) in [6, 6.07) is 16.9. The molecule has 0 aliphatic carbocycles. The predicted octanol–water partition coefficient (Wildman–Crippen LogP) is 6.62. The molecule has 0 aliphatic heterocycles. The number of aromatic nitrogens is 2. The van der Waals surface area contributed by atoms with Crippen LogP contribution in [0.4, 0.5) is 4.39 Å². The van der Waals surface area contributed by atoms with E-state index in [1.165, 1.54) is 16.7 Å². The summed E-state index contributed by atoms with van der Waals surface area (Å²) in [5, 5.41) is 1.03. The van der Waals surface area contributed by atoms with Crippen molar-refractivity contribution in [3.05, 3.63) is 92.4 Å². The first-order valence-corrected chi connectivity index (χ1v) is 9.90. The topological polar surface area (TPSA) is 34.9 Å². The van der Waals surface area contributed by atoms with Crippen molar-refractivity contribution in [2.45, 2.75) is 19.8 Å². The summed E-state index contributed by atoms with van der Waals surface area (Å²) in [6.45, 7) is 4.11. The van der Waals surface area contributed by atoms with Crippen molar-refractivity contribution in [3.8, 4) is 16.9 Å². The van der Waals surface area contributed by atoms with Crippen molar-refractivity contribution < 1.29 is 4.39 Å². The van der Waals surface area contributed by atoms with Crippen LogP contribution in [0.1, 0.15) is 25.3 Å². The van der Waals surface area contributed by atoms with E-state index in [1.54, 1.807) is 24.3 Å². The van der Waals surface area contributed by atoms with Gasteiger partial charge in [0.2, 0.25) is 0 Å². The fourth-order valence-corrected chi connectivity index (χ4v) is 3.92. The van der Waals surface area contributed by atoms with E-state index in [0.717, 1.165) is 5.56 Å². The molecular weight excluding hydrogens is 410 g/mol. The van der Waals surface area contributed by atoms with Crippen molar-refractivity contribution in [2.24, 2.45) is 0 Å². The van der Waals surface area contributed by atoms with Crippen LogP contribution in [-0.4, -0.2) is 9.55 Å². The average molecular weight is 427 g/mol. The molecular formula is C23H17Cl2FN2O. The SMILES string of the molecule is CC(C)c1ccccc1-n1c(=O)cc(Cl)c2cc(Cl)c(-c3ccccc3F)nc21. The summed E-state index contributed by atoms with van der Waals surface area (Å²) < 4.78 is 15.9. The van der Waals surface area contributed by atoms with Crippen LogP contribution in [0, 0.1) is 5.82 Å². The van der Waals surface area contributed by atoms with Crippen LogP contribution in [0.2, 0.25) is 10.0 Å². The normalized spacial score (nSPS) is 11.4. The summed E-state index contributed by atoms with van der Waals surface area (Å²) >= 11 is 12.8. The lowest BCUT2D eigenvalue weighted by molar-refractivity contribution is 0.631. The lowest BCUT2D eigenvalue weighted by Crippen LogP contribution is -2.20. The van der Waals surface area contributed by atoms with Crippen LogP contribution in [-0.2, 0) is 0 Å². The van der Waals surface area contributed by atoms with Crippen molar-refractivity contribution >= 4 is 34.2 Å². The Morgan fingerprint density at radius 3 is 2.38 bits per heavy atom. The smallest absolute Gasteiger partial charge is 0.258 e. The maximum Gasteiger partial charge on any atom is 0.258 e. The molecule has 146 valence electrons. The number of pyridine rings is 2. The fourth-order valence-electron chi connectivity index (χ4n) is 3.43. The summed E-state index contributed by atoms with van der Waals surface area (Å²) in [7, 11) is 0. The minimum Gasteiger partial charge on any atom is -0.269 e. The minimum atomic E-state index is -0.445. The Kier molecular flexibility index (Phi) is 5.15. The van der Waals surface area contributed by atoms with Crippen LogP contribution in [0.15, 0.2) is 65.5 Å². The lowest BCUT2D eigenvalue weighted by Gasteiger charge is -2.17. The number of fused-ring (bicyclic) bond motifs is 1.